The number of aryl methyl sites for hydroxylation is 4. The van der Waals surface area contributed by atoms with Gasteiger partial charge in [0.2, 0.25) is 0 Å². The lowest BCUT2D eigenvalue weighted by Crippen LogP contribution is -2.50. The number of ether oxygens (including phenoxy) is 1. The van der Waals surface area contributed by atoms with Gasteiger partial charge >= 0.3 is 6.03 Å². The van der Waals surface area contributed by atoms with Crippen molar-refractivity contribution in [3.8, 4) is 5.75 Å². The number of anilines is 2. The van der Waals surface area contributed by atoms with Crippen LogP contribution in [0.25, 0.3) is 10.2 Å². The molecule has 0 aliphatic carbocycles. The van der Waals surface area contributed by atoms with Gasteiger partial charge in [0.15, 0.2) is 0 Å². The Hall–Kier alpha value is -3.65. The maximum Gasteiger partial charge on any atom is 0.322 e. The van der Waals surface area contributed by atoms with E-state index >= 15 is 0 Å². The van der Waals surface area contributed by atoms with Gasteiger partial charge < -0.3 is 19.9 Å². The summed E-state index contributed by atoms with van der Waals surface area (Å²) < 4.78 is 5.66. The third kappa shape index (κ3) is 5.54. The largest absolute Gasteiger partial charge is 0.492 e. The molecule has 0 saturated carbocycles. The lowest BCUT2D eigenvalue weighted by Gasteiger charge is -2.36. The van der Waals surface area contributed by atoms with Crippen molar-refractivity contribution < 1.29 is 9.53 Å². The molecule has 2 amide bonds. The van der Waals surface area contributed by atoms with Crippen molar-refractivity contribution in [2.45, 2.75) is 33.6 Å². The molecule has 0 bridgehead atoms. The number of hydrogen-bond acceptors (Lipinski definition) is 6. The second kappa shape index (κ2) is 11.2. The molecule has 37 heavy (non-hydrogen) atoms. The highest BCUT2D eigenvalue weighted by atomic mass is 32.1. The minimum Gasteiger partial charge on any atom is -0.492 e. The standard InChI is InChI=1S/C29H33N5O2S/c1-4-36-24-13-9-8-12-23(24)30-29(35)34-18-16-33(17-19-34)27-26-20(2)21(3)37-28(26)32-25(31-27)15-14-22-10-6-5-7-11-22/h5-13H,4,14-19H2,1-3H3,(H,30,35). The molecule has 1 fully saturated rings. The maximum absolute atomic E-state index is 13.0. The second-order valence-electron chi connectivity index (χ2n) is 9.25. The third-order valence-corrected chi connectivity index (χ3v) is 7.93. The van der Waals surface area contributed by atoms with E-state index in [1.54, 1.807) is 11.3 Å². The van der Waals surface area contributed by atoms with Crippen LogP contribution in [0, 0.1) is 13.8 Å². The van der Waals surface area contributed by atoms with Crippen LogP contribution in [0.5, 0.6) is 5.75 Å². The van der Waals surface area contributed by atoms with Crippen LogP contribution in [-0.2, 0) is 12.8 Å². The first-order chi connectivity index (χ1) is 18.0. The number of nitrogens with one attached hydrogen (secondary N) is 1. The zero-order chi connectivity index (χ0) is 25.8. The van der Waals surface area contributed by atoms with Gasteiger partial charge in [-0.15, -0.1) is 11.3 Å². The minimum absolute atomic E-state index is 0.106. The van der Waals surface area contributed by atoms with Crippen LogP contribution < -0.4 is 15.0 Å². The minimum atomic E-state index is -0.106. The van der Waals surface area contributed by atoms with E-state index in [1.165, 1.54) is 16.0 Å². The van der Waals surface area contributed by atoms with Gasteiger partial charge in [-0.05, 0) is 50.5 Å². The smallest absolute Gasteiger partial charge is 0.322 e. The number of rotatable bonds is 7. The Balaban J connectivity index is 1.31. The maximum atomic E-state index is 13.0. The Morgan fingerprint density at radius 1 is 0.973 bits per heavy atom. The molecule has 0 atom stereocenters. The van der Waals surface area contributed by atoms with Crippen LogP contribution in [0.15, 0.2) is 54.6 Å². The van der Waals surface area contributed by atoms with Gasteiger partial charge in [-0.25, -0.2) is 14.8 Å². The highest BCUT2D eigenvalue weighted by Gasteiger charge is 2.26. The molecule has 192 valence electrons. The Kier molecular flexibility index (Phi) is 7.55. The Labute approximate surface area is 222 Å². The quantitative estimate of drug-likeness (QED) is 0.335. The average molecular weight is 516 g/mol. The number of nitrogens with zero attached hydrogens (tertiary/aromatic N) is 4. The summed E-state index contributed by atoms with van der Waals surface area (Å²) in [5, 5.41) is 4.17. The van der Waals surface area contributed by atoms with Crippen LogP contribution in [0.1, 0.15) is 28.8 Å². The monoisotopic (exact) mass is 515 g/mol. The molecular weight excluding hydrogens is 482 g/mol. The van der Waals surface area contributed by atoms with E-state index in [9.17, 15) is 4.79 Å². The first kappa shape index (κ1) is 25.0. The highest BCUT2D eigenvalue weighted by molar-refractivity contribution is 7.18. The van der Waals surface area contributed by atoms with Crippen molar-refractivity contribution in [1.29, 1.82) is 0 Å². The Morgan fingerprint density at radius 3 is 2.46 bits per heavy atom. The molecule has 2 aromatic carbocycles. The molecule has 1 aliphatic heterocycles. The summed E-state index contributed by atoms with van der Waals surface area (Å²) in [6.07, 6.45) is 1.71. The summed E-state index contributed by atoms with van der Waals surface area (Å²) in [5.74, 6) is 2.56. The zero-order valence-electron chi connectivity index (χ0n) is 21.7. The molecule has 4 aromatic rings. The number of hydrogen-bond donors (Lipinski definition) is 1. The van der Waals surface area contributed by atoms with E-state index in [2.05, 4.69) is 48.3 Å². The Morgan fingerprint density at radius 2 is 1.70 bits per heavy atom. The van der Waals surface area contributed by atoms with Crippen LogP contribution >= 0.6 is 11.3 Å². The number of benzene rings is 2. The number of thiophene rings is 1. The number of carbonyl (C=O) groups excluding carboxylic acids is 1. The SMILES string of the molecule is CCOc1ccccc1NC(=O)N1CCN(c2nc(CCc3ccccc3)nc3sc(C)c(C)c23)CC1. The summed E-state index contributed by atoms with van der Waals surface area (Å²) in [4.78, 5) is 29.5. The van der Waals surface area contributed by atoms with Gasteiger partial charge in [0.05, 0.1) is 17.7 Å². The first-order valence-electron chi connectivity index (χ1n) is 12.9. The van der Waals surface area contributed by atoms with E-state index in [-0.39, 0.29) is 6.03 Å². The van der Waals surface area contributed by atoms with Gasteiger partial charge in [-0.1, -0.05) is 42.5 Å². The molecule has 0 spiro atoms. The van der Waals surface area contributed by atoms with Gasteiger partial charge in [0, 0.05) is 37.5 Å². The fourth-order valence-corrected chi connectivity index (χ4v) is 5.72. The van der Waals surface area contributed by atoms with Crippen LogP contribution in [0.4, 0.5) is 16.3 Å². The van der Waals surface area contributed by atoms with Crippen molar-refractivity contribution in [3.63, 3.8) is 0 Å². The predicted octanol–water partition coefficient (Wildman–Crippen LogP) is 5.85. The molecule has 7 nitrogen and oxygen atoms in total. The number of urea groups is 1. The molecule has 1 aliphatic rings. The summed E-state index contributed by atoms with van der Waals surface area (Å²) in [7, 11) is 0. The van der Waals surface area contributed by atoms with Crippen molar-refractivity contribution in [3.05, 3.63) is 76.4 Å². The third-order valence-electron chi connectivity index (χ3n) is 6.83. The second-order valence-corrected chi connectivity index (χ2v) is 10.4. The number of para-hydroxylation sites is 2. The lowest BCUT2D eigenvalue weighted by molar-refractivity contribution is 0.208. The summed E-state index contributed by atoms with van der Waals surface area (Å²) in [6, 6.07) is 17.9. The van der Waals surface area contributed by atoms with Gasteiger partial charge in [-0.2, -0.15) is 0 Å². The summed E-state index contributed by atoms with van der Waals surface area (Å²) >= 11 is 1.74. The fraction of sp³-hybridized carbons (Fsp3) is 0.345. The molecule has 0 unspecified atom stereocenters. The van der Waals surface area contributed by atoms with Gasteiger partial charge in [0.25, 0.3) is 0 Å². The van der Waals surface area contributed by atoms with Crippen LogP contribution in [0.2, 0.25) is 0 Å². The van der Waals surface area contributed by atoms with E-state index in [0.717, 1.165) is 47.8 Å². The molecule has 5 rings (SSSR count). The van der Waals surface area contributed by atoms with Gasteiger partial charge in [-0.3, -0.25) is 0 Å². The van der Waals surface area contributed by atoms with Crippen molar-refractivity contribution in [1.82, 2.24) is 14.9 Å². The topological polar surface area (TPSA) is 70.6 Å². The van der Waals surface area contributed by atoms with Crippen molar-refractivity contribution in [2.75, 3.05) is 43.0 Å². The van der Waals surface area contributed by atoms with Crippen LogP contribution in [0.3, 0.4) is 0 Å². The van der Waals surface area contributed by atoms with Crippen molar-refractivity contribution in [2.24, 2.45) is 0 Å². The number of carbonyl (C=O) groups is 1. The molecule has 1 N–H and O–H groups in total. The molecule has 8 heteroatoms. The number of fused-ring (bicyclic) bond motifs is 1. The average Bonchev–Trinajstić information content (AvgIpc) is 3.22. The van der Waals surface area contributed by atoms with Crippen LogP contribution in [-0.4, -0.2) is 53.7 Å². The summed E-state index contributed by atoms with van der Waals surface area (Å²) in [5.41, 5.74) is 3.23. The molecule has 1 saturated heterocycles. The lowest BCUT2D eigenvalue weighted by atomic mass is 10.1. The first-order valence-corrected chi connectivity index (χ1v) is 13.7. The highest BCUT2D eigenvalue weighted by Crippen LogP contribution is 2.35. The Bertz CT molecular complexity index is 1380. The number of piperazine rings is 1. The zero-order valence-corrected chi connectivity index (χ0v) is 22.5. The summed E-state index contributed by atoms with van der Waals surface area (Å²) in [6.45, 7) is 9.48. The van der Waals surface area contributed by atoms with E-state index in [1.807, 2.05) is 42.2 Å². The normalized spacial score (nSPS) is 13.7. The van der Waals surface area contributed by atoms with E-state index in [0.29, 0.717) is 31.1 Å². The fourth-order valence-electron chi connectivity index (χ4n) is 4.68. The molecule has 2 aromatic heterocycles. The number of aromatic nitrogens is 2. The number of amides is 2. The van der Waals surface area contributed by atoms with Gasteiger partial charge in [0.1, 0.15) is 22.2 Å². The molecular formula is C29H33N5O2S. The molecule has 3 heterocycles. The predicted molar refractivity (Wildman–Crippen MR) is 151 cm³/mol. The van der Waals surface area contributed by atoms with Crippen molar-refractivity contribution >= 4 is 39.1 Å². The van der Waals surface area contributed by atoms with E-state index < -0.39 is 0 Å². The van der Waals surface area contributed by atoms with E-state index in [4.69, 9.17) is 14.7 Å². The molecule has 0 radical (unpaired) electrons.